The smallest absolute Gasteiger partial charge is 0.0445 e. The number of aliphatic hydroxyl groups excluding tert-OH is 1. The van der Waals surface area contributed by atoms with Gasteiger partial charge in [-0.15, -0.1) is 0 Å². The van der Waals surface area contributed by atoms with Crippen LogP contribution in [0.15, 0.2) is 54.9 Å². The lowest BCUT2D eigenvalue weighted by Gasteiger charge is -2.25. The first-order valence-corrected chi connectivity index (χ1v) is 7.40. The van der Waals surface area contributed by atoms with E-state index in [1.165, 1.54) is 11.3 Å². The number of para-hydroxylation sites is 1. The fourth-order valence-corrected chi connectivity index (χ4v) is 2.19. The first-order chi connectivity index (χ1) is 10.4. The number of hydrogen-bond acceptors (Lipinski definition) is 4. The van der Waals surface area contributed by atoms with Crippen molar-refractivity contribution >= 4 is 5.69 Å². The molecule has 0 aliphatic carbocycles. The van der Waals surface area contributed by atoms with Crippen LogP contribution < -0.4 is 10.2 Å². The molecule has 0 saturated carbocycles. The molecular formula is C17H23N3O. The number of aromatic nitrogens is 1. The highest BCUT2D eigenvalue weighted by Gasteiger charge is 2.06. The van der Waals surface area contributed by atoms with Gasteiger partial charge in [-0.3, -0.25) is 4.98 Å². The molecular weight excluding hydrogens is 262 g/mol. The van der Waals surface area contributed by atoms with Crippen LogP contribution >= 0.6 is 0 Å². The molecule has 0 spiro atoms. The van der Waals surface area contributed by atoms with Crippen LogP contribution in [-0.4, -0.2) is 36.3 Å². The number of nitrogens with zero attached hydrogens (tertiary/aromatic N) is 2. The van der Waals surface area contributed by atoms with E-state index in [4.69, 9.17) is 5.11 Å². The van der Waals surface area contributed by atoms with E-state index < -0.39 is 0 Å². The molecule has 2 aromatic rings. The summed E-state index contributed by atoms with van der Waals surface area (Å²) in [5.41, 5.74) is 2.42. The maximum atomic E-state index is 8.79. The summed E-state index contributed by atoms with van der Waals surface area (Å²) in [5, 5.41) is 12.1. The number of pyridine rings is 1. The second-order valence-corrected chi connectivity index (χ2v) is 4.95. The Hall–Kier alpha value is -1.91. The second kappa shape index (κ2) is 9.10. The molecule has 2 N–H and O–H groups in total. The first-order valence-electron chi connectivity index (χ1n) is 7.40. The molecule has 0 aliphatic heterocycles. The lowest BCUT2D eigenvalue weighted by Crippen LogP contribution is -2.32. The lowest BCUT2D eigenvalue weighted by atomic mass is 10.2. The summed E-state index contributed by atoms with van der Waals surface area (Å²) in [6.45, 7) is 3.76. The normalized spacial score (nSPS) is 10.5. The van der Waals surface area contributed by atoms with Gasteiger partial charge in [-0.25, -0.2) is 0 Å². The fraction of sp³-hybridized carbons (Fsp3) is 0.353. The van der Waals surface area contributed by atoms with Crippen molar-refractivity contribution in [2.75, 3.05) is 31.1 Å². The molecule has 0 atom stereocenters. The van der Waals surface area contributed by atoms with Gasteiger partial charge in [0.1, 0.15) is 0 Å². The summed E-state index contributed by atoms with van der Waals surface area (Å²) in [5.74, 6) is 0. The van der Waals surface area contributed by atoms with Gasteiger partial charge in [-0.2, -0.15) is 0 Å². The zero-order valence-electron chi connectivity index (χ0n) is 12.3. The third kappa shape index (κ3) is 5.53. The van der Waals surface area contributed by atoms with Gasteiger partial charge in [0.25, 0.3) is 0 Å². The standard InChI is InChI=1S/C17H23N3O/c21-13-5-10-18-11-12-20(17-7-2-1-3-8-17)15-16-6-4-9-19-14-16/h1-4,6-9,14,18,21H,5,10-13,15H2. The van der Waals surface area contributed by atoms with Crippen LogP contribution in [0.5, 0.6) is 0 Å². The van der Waals surface area contributed by atoms with Crippen molar-refractivity contribution in [3.8, 4) is 0 Å². The van der Waals surface area contributed by atoms with E-state index in [1.807, 2.05) is 18.3 Å². The van der Waals surface area contributed by atoms with Gasteiger partial charge in [0, 0.05) is 44.3 Å². The molecule has 0 amide bonds. The summed E-state index contributed by atoms with van der Waals surface area (Å²) in [7, 11) is 0. The molecule has 0 bridgehead atoms. The highest BCUT2D eigenvalue weighted by molar-refractivity contribution is 5.46. The van der Waals surface area contributed by atoms with Crippen molar-refractivity contribution in [3.05, 3.63) is 60.4 Å². The molecule has 0 fully saturated rings. The fourth-order valence-electron chi connectivity index (χ4n) is 2.19. The van der Waals surface area contributed by atoms with E-state index in [0.29, 0.717) is 0 Å². The number of benzene rings is 1. The molecule has 21 heavy (non-hydrogen) atoms. The molecule has 1 aromatic heterocycles. The number of rotatable bonds is 9. The predicted molar refractivity (Wildman–Crippen MR) is 86.3 cm³/mol. The van der Waals surface area contributed by atoms with E-state index in [9.17, 15) is 0 Å². The van der Waals surface area contributed by atoms with Crippen molar-refractivity contribution in [2.45, 2.75) is 13.0 Å². The van der Waals surface area contributed by atoms with E-state index in [1.54, 1.807) is 6.20 Å². The van der Waals surface area contributed by atoms with Crippen LogP contribution in [0.4, 0.5) is 5.69 Å². The minimum Gasteiger partial charge on any atom is -0.396 e. The number of aliphatic hydroxyl groups is 1. The highest BCUT2D eigenvalue weighted by atomic mass is 16.3. The molecule has 4 nitrogen and oxygen atoms in total. The Morgan fingerprint density at radius 3 is 2.62 bits per heavy atom. The third-order valence-corrected chi connectivity index (χ3v) is 3.29. The molecule has 0 radical (unpaired) electrons. The van der Waals surface area contributed by atoms with Crippen LogP contribution in [0.1, 0.15) is 12.0 Å². The predicted octanol–water partition coefficient (Wildman–Crippen LogP) is 2.06. The van der Waals surface area contributed by atoms with Crippen molar-refractivity contribution in [2.24, 2.45) is 0 Å². The van der Waals surface area contributed by atoms with Crippen LogP contribution in [0.3, 0.4) is 0 Å². The van der Waals surface area contributed by atoms with Crippen LogP contribution in [0, 0.1) is 0 Å². The topological polar surface area (TPSA) is 48.4 Å². The largest absolute Gasteiger partial charge is 0.396 e. The van der Waals surface area contributed by atoms with Crippen molar-refractivity contribution in [1.29, 1.82) is 0 Å². The van der Waals surface area contributed by atoms with E-state index in [0.717, 1.165) is 32.6 Å². The molecule has 2 rings (SSSR count). The molecule has 112 valence electrons. The summed E-state index contributed by atoms with van der Waals surface area (Å²) < 4.78 is 0. The van der Waals surface area contributed by atoms with Gasteiger partial charge < -0.3 is 15.3 Å². The summed E-state index contributed by atoms with van der Waals surface area (Å²) in [6.07, 6.45) is 4.51. The van der Waals surface area contributed by atoms with Crippen molar-refractivity contribution < 1.29 is 5.11 Å². The molecule has 0 unspecified atom stereocenters. The molecule has 1 aromatic carbocycles. The molecule has 1 heterocycles. The number of hydrogen-bond donors (Lipinski definition) is 2. The molecule has 4 heteroatoms. The maximum absolute atomic E-state index is 8.79. The minimum atomic E-state index is 0.241. The van der Waals surface area contributed by atoms with Crippen LogP contribution in [0.25, 0.3) is 0 Å². The van der Waals surface area contributed by atoms with E-state index >= 15 is 0 Å². The SMILES string of the molecule is OCCCNCCN(Cc1cccnc1)c1ccccc1. The zero-order chi connectivity index (χ0) is 14.8. The Morgan fingerprint density at radius 2 is 1.90 bits per heavy atom. The van der Waals surface area contributed by atoms with Gasteiger partial charge in [-0.1, -0.05) is 24.3 Å². The Labute approximate surface area is 126 Å². The monoisotopic (exact) mass is 285 g/mol. The van der Waals surface area contributed by atoms with Gasteiger partial charge in [-0.05, 0) is 36.7 Å². The van der Waals surface area contributed by atoms with Gasteiger partial charge in [0.2, 0.25) is 0 Å². The Bertz CT molecular complexity index is 490. The first kappa shape index (κ1) is 15.5. The van der Waals surface area contributed by atoms with Gasteiger partial charge in [0.05, 0.1) is 0 Å². The van der Waals surface area contributed by atoms with Crippen LogP contribution in [0.2, 0.25) is 0 Å². The molecule has 0 aliphatic rings. The Morgan fingerprint density at radius 1 is 1.05 bits per heavy atom. The number of anilines is 1. The average Bonchev–Trinajstić information content (AvgIpc) is 2.55. The summed E-state index contributed by atoms with van der Waals surface area (Å²) >= 11 is 0. The van der Waals surface area contributed by atoms with Crippen molar-refractivity contribution in [1.82, 2.24) is 10.3 Å². The quantitative estimate of drug-likeness (QED) is 0.692. The average molecular weight is 285 g/mol. The molecule has 0 saturated heterocycles. The maximum Gasteiger partial charge on any atom is 0.0445 e. The zero-order valence-corrected chi connectivity index (χ0v) is 12.3. The van der Waals surface area contributed by atoms with Crippen LogP contribution in [-0.2, 0) is 6.54 Å². The van der Waals surface area contributed by atoms with E-state index in [2.05, 4.69) is 45.5 Å². The lowest BCUT2D eigenvalue weighted by molar-refractivity contribution is 0.286. The second-order valence-electron chi connectivity index (χ2n) is 4.95. The Balaban J connectivity index is 1.94. The van der Waals surface area contributed by atoms with Crippen molar-refractivity contribution in [3.63, 3.8) is 0 Å². The summed E-state index contributed by atoms with van der Waals surface area (Å²) in [4.78, 5) is 6.52. The Kier molecular flexibility index (Phi) is 6.71. The van der Waals surface area contributed by atoms with Gasteiger partial charge >= 0.3 is 0 Å². The van der Waals surface area contributed by atoms with E-state index in [-0.39, 0.29) is 6.61 Å². The summed E-state index contributed by atoms with van der Waals surface area (Å²) in [6, 6.07) is 14.5. The highest BCUT2D eigenvalue weighted by Crippen LogP contribution is 2.15. The third-order valence-electron chi connectivity index (χ3n) is 3.29. The van der Waals surface area contributed by atoms with Gasteiger partial charge in [0.15, 0.2) is 0 Å². The minimum absolute atomic E-state index is 0.241. The number of nitrogens with one attached hydrogen (secondary N) is 1.